The van der Waals surface area contributed by atoms with Crippen LogP contribution in [-0.2, 0) is 0 Å². The van der Waals surface area contributed by atoms with E-state index < -0.39 is 11.6 Å². The van der Waals surface area contributed by atoms with Crippen molar-refractivity contribution < 1.29 is 16.4 Å². The van der Waals surface area contributed by atoms with Crippen molar-refractivity contribution >= 4 is 0 Å². The van der Waals surface area contributed by atoms with Gasteiger partial charge in [-0.3, -0.25) is 0 Å². The molecule has 0 aliphatic heterocycles. The molecule has 2 fully saturated rings. The van der Waals surface area contributed by atoms with Gasteiger partial charge in [0.25, 0.3) is 0 Å². The molecule has 0 atom stereocenters. The fourth-order valence-corrected chi connectivity index (χ4v) is 4.88. The second-order valence-electron chi connectivity index (χ2n) is 8.34. The fourth-order valence-electron chi connectivity index (χ4n) is 4.88. The Morgan fingerprint density at radius 2 is 1.59 bits per heavy atom. The van der Waals surface area contributed by atoms with E-state index in [1.54, 1.807) is 18.2 Å². The highest BCUT2D eigenvalue weighted by molar-refractivity contribution is 5.33. The zero-order valence-corrected chi connectivity index (χ0v) is 16.0. The minimum Gasteiger partial charge on any atom is -0.490 e. The molecule has 0 saturated heterocycles. The summed E-state index contributed by atoms with van der Waals surface area (Å²) >= 11 is 0. The largest absolute Gasteiger partial charge is 0.490 e. The SMILES string of the molecule is C.C=CCCOc1ccc(C2CCC(C3CCC(C)CC3)CC2)c(F)c1F.[HH].[HH]. The third-order valence-corrected chi connectivity index (χ3v) is 6.60. The number of rotatable bonds is 6. The molecule has 0 spiro atoms. The predicted octanol–water partition coefficient (Wildman–Crippen LogP) is 8.15. The highest BCUT2D eigenvalue weighted by Gasteiger charge is 2.32. The van der Waals surface area contributed by atoms with E-state index in [-0.39, 0.29) is 21.9 Å². The van der Waals surface area contributed by atoms with Crippen molar-refractivity contribution in [1.82, 2.24) is 0 Å². The van der Waals surface area contributed by atoms with E-state index in [2.05, 4.69) is 13.5 Å². The van der Waals surface area contributed by atoms with Gasteiger partial charge in [0.2, 0.25) is 5.82 Å². The van der Waals surface area contributed by atoms with Gasteiger partial charge in [-0.05, 0) is 80.2 Å². The molecule has 2 aliphatic carbocycles. The van der Waals surface area contributed by atoms with Crippen LogP contribution in [0.5, 0.6) is 5.75 Å². The maximum Gasteiger partial charge on any atom is 0.200 e. The minimum absolute atomic E-state index is 0. The Morgan fingerprint density at radius 3 is 2.19 bits per heavy atom. The van der Waals surface area contributed by atoms with Crippen LogP contribution in [0.2, 0.25) is 0 Å². The first-order valence-corrected chi connectivity index (χ1v) is 10.3. The number of halogens is 2. The van der Waals surface area contributed by atoms with Gasteiger partial charge in [-0.15, -0.1) is 6.58 Å². The Labute approximate surface area is 167 Å². The summed E-state index contributed by atoms with van der Waals surface area (Å²) < 4.78 is 34.2. The lowest BCUT2D eigenvalue weighted by atomic mass is 9.68. The first-order valence-electron chi connectivity index (χ1n) is 10.3. The van der Waals surface area contributed by atoms with Gasteiger partial charge in [0.15, 0.2) is 11.6 Å². The van der Waals surface area contributed by atoms with Gasteiger partial charge in [0, 0.05) is 2.85 Å². The summed E-state index contributed by atoms with van der Waals surface area (Å²) in [6.07, 6.45) is 12.0. The molecule has 27 heavy (non-hydrogen) atoms. The summed E-state index contributed by atoms with van der Waals surface area (Å²) in [5.74, 6) is 1.13. The second-order valence-corrected chi connectivity index (χ2v) is 8.34. The minimum atomic E-state index is -0.838. The summed E-state index contributed by atoms with van der Waals surface area (Å²) in [5, 5.41) is 0. The summed E-state index contributed by atoms with van der Waals surface area (Å²) in [6.45, 7) is 6.28. The summed E-state index contributed by atoms with van der Waals surface area (Å²) in [4.78, 5) is 0. The quantitative estimate of drug-likeness (QED) is 0.356. The molecule has 2 saturated carbocycles. The summed E-state index contributed by atoms with van der Waals surface area (Å²) in [5.41, 5.74) is 0.536. The van der Waals surface area contributed by atoms with Crippen molar-refractivity contribution in [3.63, 3.8) is 0 Å². The summed E-state index contributed by atoms with van der Waals surface area (Å²) in [7, 11) is 0. The lowest BCUT2D eigenvalue weighted by Crippen LogP contribution is -2.25. The van der Waals surface area contributed by atoms with Crippen LogP contribution in [0.25, 0.3) is 0 Å². The van der Waals surface area contributed by atoms with E-state index in [1.807, 2.05) is 0 Å². The molecule has 1 aromatic rings. The predicted molar refractivity (Wildman–Crippen MR) is 113 cm³/mol. The van der Waals surface area contributed by atoms with Crippen LogP contribution in [-0.4, -0.2) is 6.61 Å². The molecule has 1 aromatic carbocycles. The van der Waals surface area contributed by atoms with Crippen LogP contribution >= 0.6 is 0 Å². The molecule has 3 rings (SSSR count). The molecule has 0 radical (unpaired) electrons. The molecule has 0 N–H and O–H groups in total. The molecule has 1 nitrogen and oxygen atoms in total. The fraction of sp³-hybridized carbons (Fsp3) is 0.667. The van der Waals surface area contributed by atoms with Crippen LogP contribution in [0, 0.1) is 29.4 Å². The van der Waals surface area contributed by atoms with Gasteiger partial charge in [0.1, 0.15) is 0 Å². The van der Waals surface area contributed by atoms with Crippen LogP contribution in [0.3, 0.4) is 0 Å². The number of benzene rings is 1. The molecule has 0 bridgehead atoms. The van der Waals surface area contributed by atoms with Gasteiger partial charge in [-0.25, -0.2) is 4.39 Å². The Balaban J connectivity index is 0.00000261. The van der Waals surface area contributed by atoms with Gasteiger partial charge in [-0.1, -0.05) is 39.3 Å². The number of hydrogen-bond donors (Lipinski definition) is 0. The normalized spacial score (nSPS) is 28.3. The average Bonchev–Trinajstić information content (AvgIpc) is 2.66. The van der Waals surface area contributed by atoms with Crippen molar-refractivity contribution in [2.45, 2.75) is 78.1 Å². The molecule has 0 unspecified atom stereocenters. The Hall–Kier alpha value is -1.38. The average molecular weight is 383 g/mol. The van der Waals surface area contributed by atoms with E-state index in [9.17, 15) is 8.78 Å². The lowest BCUT2D eigenvalue weighted by Gasteiger charge is -2.37. The van der Waals surface area contributed by atoms with Crippen LogP contribution in [0.15, 0.2) is 24.8 Å². The highest BCUT2D eigenvalue weighted by atomic mass is 19.2. The number of ether oxygens (including phenoxy) is 1. The Kier molecular flexibility index (Phi) is 8.31. The van der Waals surface area contributed by atoms with Gasteiger partial charge >= 0.3 is 0 Å². The van der Waals surface area contributed by atoms with E-state index >= 15 is 0 Å². The Bertz CT molecular complexity index is 607. The number of hydrogen-bond acceptors (Lipinski definition) is 1. The molecule has 0 aromatic heterocycles. The van der Waals surface area contributed by atoms with Crippen LogP contribution in [0.4, 0.5) is 8.78 Å². The molecule has 0 heterocycles. The van der Waals surface area contributed by atoms with Crippen LogP contribution in [0.1, 0.15) is 86.5 Å². The van der Waals surface area contributed by atoms with Gasteiger partial charge in [-0.2, -0.15) is 4.39 Å². The standard InChI is InChI=1S/C23H32F2O.CH4.2H2/c1-3-4-15-26-21-14-13-20(22(24)23(21)25)19-11-9-18(10-12-19)17-7-5-16(2)6-8-17;;;/h3,13-14,16-19H,1,4-12,15H2,2H3;1H4;2*1H. The van der Waals surface area contributed by atoms with Crippen molar-refractivity contribution in [2.24, 2.45) is 17.8 Å². The third-order valence-electron chi connectivity index (χ3n) is 6.60. The molecule has 156 valence electrons. The van der Waals surface area contributed by atoms with E-state index in [4.69, 9.17) is 4.74 Å². The maximum absolute atomic E-state index is 14.6. The zero-order chi connectivity index (χ0) is 18.5. The summed E-state index contributed by atoms with van der Waals surface area (Å²) in [6, 6.07) is 3.32. The monoisotopic (exact) mass is 382 g/mol. The van der Waals surface area contributed by atoms with Gasteiger partial charge < -0.3 is 4.74 Å². The topological polar surface area (TPSA) is 9.23 Å². The highest BCUT2D eigenvalue weighted by Crippen LogP contribution is 2.44. The van der Waals surface area contributed by atoms with Crippen molar-refractivity contribution in [1.29, 1.82) is 0 Å². The smallest absolute Gasteiger partial charge is 0.200 e. The van der Waals surface area contributed by atoms with Gasteiger partial charge in [0.05, 0.1) is 6.61 Å². The van der Waals surface area contributed by atoms with E-state index in [0.29, 0.717) is 18.6 Å². The van der Waals surface area contributed by atoms with E-state index in [1.165, 1.54) is 25.7 Å². The first kappa shape index (κ1) is 21.9. The van der Waals surface area contributed by atoms with Crippen molar-refractivity contribution in [2.75, 3.05) is 6.61 Å². The molecule has 3 heteroatoms. The molecule has 0 amide bonds. The molecular weight excluding hydrogens is 342 g/mol. The Morgan fingerprint density at radius 1 is 1.00 bits per heavy atom. The third kappa shape index (κ3) is 5.33. The first-order chi connectivity index (χ1) is 12.6. The zero-order valence-electron chi connectivity index (χ0n) is 16.0. The van der Waals surface area contributed by atoms with Crippen molar-refractivity contribution in [3.05, 3.63) is 42.0 Å². The molecule has 2 aliphatic rings. The van der Waals surface area contributed by atoms with E-state index in [0.717, 1.165) is 43.4 Å². The van der Waals surface area contributed by atoms with Crippen molar-refractivity contribution in [3.8, 4) is 5.75 Å². The lowest BCUT2D eigenvalue weighted by molar-refractivity contribution is 0.164. The maximum atomic E-state index is 14.6. The van der Waals surface area contributed by atoms with Crippen LogP contribution < -0.4 is 4.74 Å². The molecular formula is C24H40F2O. The second kappa shape index (κ2) is 10.2.